The molecule has 82 valence electrons. The Morgan fingerprint density at radius 3 is 2.40 bits per heavy atom. The molecule has 1 unspecified atom stereocenters. The van der Waals surface area contributed by atoms with Gasteiger partial charge in [0.25, 0.3) is 0 Å². The van der Waals surface area contributed by atoms with Crippen LogP contribution in [0.2, 0.25) is 0 Å². The fraction of sp³-hybridized carbons (Fsp3) is 0.538. The predicted octanol–water partition coefficient (Wildman–Crippen LogP) is 2.13. The second-order valence-corrected chi connectivity index (χ2v) is 4.45. The second-order valence-electron chi connectivity index (χ2n) is 4.45. The molecule has 1 aromatic carbocycles. The predicted molar refractivity (Wildman–Crippen MR) is 63.4 cm³/mol. The van der Waals surface area contributed by atoms with Crippen molar-refractivity contribution in [2.45, 2.75) is 38.9 Å². The van der Waals surface area contributed by atoms with Crippen molar-refractivity contribution >= 4 is 0 Å². The summed E-state index contributed by atoms with van der Waals surface area (Å²) in [4.78, 5) is 2.54. The molecule has 0 saturated heterocycles. The number of benzene rings is 1. The minimum atomic E-state index is 0.654. The van der Waals surface area contributed by atoms with Crippen LogP contribution in [0, 0.1) is 0 Å². The van der Waals surface area contributed by atoms with Crippen LogP contribution in [0.3, 0.4) is 0 Å². The van der Waals surface area contributed by atoms with E-state index in [9.17, 15) is 0 Å². The highest BCUT2D eigenvalue weighted by atomic mass is 15.2. The van der Waals surface area contributed by atoms with Crippen molar-refractivity contribution < 1.29 is 0 Å². The topological polar surface area (TPSA) is 29.3 Å². The molecule has 2 heteroatoms. The van der Waals surface area contributed by atoms with Gasteiger partial charge in [-0.1, -0.05) is 24.3 Å². The third-order valence-electron chi connectivity index (χ3n) is 3.31. The van der Waals surface area contributed by atoms with Gasteiger partial charge in [-0.2, -0.15) is 0 Å². The summed E-state index contributed by atoms with van der Waals surface area (Å²) in [6.45, 7) is 5.34. The zero-order chi connectivity index (χ0) is 10.7. The maximum Gasteiger partial charge on any atom is 0.0243 e. The van der Waals surface area contributed by atoms with E-state index in [4.69, 9.17) is 5.73 Å². The van der Waals surface area contributed by atoms with Crippen LogP contribution in [0.4, 0.5) is 0 Å². The lowest BCUT2D eigenvalue weighted by atomic mass is 10.1. The summed E-state index contributed by atoms with van der Waals surface area (Å²) >= 11 is 0. The highest BCUT2D eigenvalue weighted by molar-refractivity contribution is 5.30. The van der Waals surface area contributed by atoms with E-state index >= 15 is 0 Å². The van der Waals surface area contributed by atoms with Gasteiger partial charge in [-0.3, -0.25) is 4.90 Å². The first-order valence-corrected chi connectivity index (χ1v) is 5.82. The average Bonchev–Trinajstić information content (AvgIpc) is 2.69. The molecular weight excluding hydrogens is 184 g/mol. The van der Waals surface area contributed by atoms with Crippen molar-refractivity contribution in [2.75, 3.05) is 6.54 Å². The average molecular weight is 204 g/mol. The summed E-state index contributed by atoms with van der Waals surface area (Å²) < 4.78 is 0. The molecule has 0 amide bonds. The number of rotatable bonds is 4. The minimum absolute atomic E-state index is 0.654. The summed E-state index contributed by atoms with van der Waals surface area (Å²) in [5.74, 6) is 0. The van der Waals surface area contributed by atoms with Crippen molar-refractivity contribution in [3.63, 3.8) is 0 Å². The van der Waals surface area contributed by atoms with E-state index in [-0.39, 0.29) is 0 Å². The van der Waals surface area contributed by atoms with E-state index in [2.05, 4.69) is 36.1 Å². The molecule has 1 heterocycles. The Hall–Kier alpha value is -0.860. The lowest BCUT2D eigenvalue weighted by Gasteiger charge is -2.23. The van der Waals surface area contributed by atoms with Gasteiger partial charge < -0.3 is 5.73 Å². The van der Waals surface area contributed by atoms with Crippen LogP contribution in [-0.2, 0) is 13.1 Å². The molecular formula is C13H20N2. The lowest BCUT2D eigenvalue weighted by Crippen LogP contribution is -2.28. The summed E-state index contributed by atoms with van der Waals surface area (Å²) in [6, 6.07) is 9.40. The molecule has 2 N–H and O–H groups in total. The zero-order valence-electron chi connectivity index (χ0n) is 9.45. The lowest BCUT2D eigenvalue weighted by molar-refractivity contribution is 0.201. The van der Waals surface area contributed by atoms with Gasteiger partial charge in [0.05, 0.1) is 0 Å². The van der Waals surface area contributed by atoms with Gasteiger partial charge in [0.2, 0.25) is 0 Å². The Morgan fingerprint density at radius 1 is 1.27 bits per heavy atom. The van der Waals surface area contributed by atoms with E-state index < -0.39 is 0 Å². The second kappa shape index (κ2) is 4.77. The van der Waals surface area contributed by atoms with Gasteiger partial charge in [0, 0.05) is 19.1 Å². The van der Waals surface area contributed by atoms with Gasteiger partial charge in [0.15, 0.2) is 0 Å². The summed E-state index contributed by atoms with van der Waals surface area (Å²) in [7, 11) is 0. The molecule has 0 spiro atoms. The molecule has 1 aromatic rings. The Bertz CT molecular complexity index is 297. The molecule has 1 atom stereocenters. The Labute approximate surface area is 92.1 Å². The molecule has 0 aromatic heterocycles. The molecule has 0 aliphatic carbocycles. The third kappa shape index (κ3) is 2.39. The Kier molecular flexibility index (Phi) is 3.39. The van der Waals surface area contributed by atoms with Crippen LogP contribution in [0.15, 0.2) is 24.3 Å². The van der Waals surface area contributed by atoms with E-state index in [1.54, 1.807) is 0 Å². The van der Waals surface area contributed by atoms with Gasteiger partial charge in [0.1, 0.15) is 0 Å². The van der Waals surface area contributed by atoms with E-state index in [0.717, 1.165) is 26.1 Å². The maximum absolute atomic E-state index is 5.54. The first-order chi connectivity index (χ1) is 7.31. The maximum atomic E-state index is 5.54. The molecule has 1 aliphatic heterocycles. The Morgan fingerprint density at radius 2 is 1.87 bits per heavy atom. The van der Waals surface area contributed by atoms with Gasteiger partial charge in [-0.15, -0.1) is 0 Å². The fourth-order valence-corrected chi connectivity index (χ4v) is 2.27. The molecule has 0 fully saturated rings. The molecule has 2 rings (SSSR count). The van der Waals surface area contributed by atoms with Crippen molar-refractivity contribution in [3.8, 4) is 0 Å². The smallest absolute Gasteiger partial charge is 0.0243 e. The van der Waals surface area contributed by atoms with Crippen LogP contribution in [0.1, 0.15) is 30.9 Å². The molecule has 2 nitrogen and oxygen atoms in total. The quantitative estimate of drug-likeness (QED) is 0.814. The first kappa shape index (κ1) is 10.7. The van der Waals surface area contributed by atoms with Gasteiger partial charge in [-0.25, -0.2) is 0 Å². The Balaban J connectivity index is 1.94. The highest BCUT2D eigenvalue weighted by Gasteiger charge is 2.21. The van der Waals surface area contributed by atoms with Gasteiger partial charge >= 0.3 is 0 Å². The number of hydrogen-bond acceptors (Lipinski definition) is 2. The van der Waals surface area contributed by atoms with E-state index in [1.165, 1.54) is 17.5 Å². The van der Waals surface area contributed by atoms with Crippen LogP contribution in [0.25, 0.3) is 0 Å². The third-order valence-corrected chi connectivity index (χ3v) is 3.31. The van der Waals surface area contributed by atoms with Crippen molar-refractivity contribution in [1.82, 2.24) is 4.90 Å². The molecule has 15 heavy (non-hydrogen) atoms. The standard InChI is InChI=1S/C13H20N2/c1-11(5-4-8-14)15-9-12-6-2-3-7-13(12)10-15/h2-3,6-7,11H,4-5,8-10,14H2,1H3. The molecule has 0 bridgehead atoms. The molecule has 1 aliphatic rings. The van der Waals surface area contributed by atoms with E-state index in [1.807, 2.05) is 0 Å². The number of hydrogen-bond donors (Lipinski definition) is 1. The number of nitrogens with zero attached hydrogens (tertiary/aromatic N) is 1. The molecule has 0 saturated carbocycles. The van der Waals surface area contributed by atoms with Crippen molar-refractivity contribution in [1.29, 1.82) is 0 Å². The van der Waals surface area contributed by atoms with Crippen LogP contribution >= 0.6 is 0 Å². The molecule has 0 radical (unpaired) electrons. The SMILES string of the molecule is CC(CCCN)N1Cc2ccccc2C1. The van der Waals surface area contributed by atoms with Gasteiger partial charge in [-0.05, 0) is 37.4 Å². The normalized spacial score (nSPS) is 17.7. The van der Waals surface area contributed by atoms with Crippen molar-refractivity contribution in [2.24, 2.45) is 5.73 Å². The highest BCUT2D eigenvalue weighted by Crippen LogP contribution is 2.25. The van der Waals surface area contributed by atoms with Crippen LogP contribution < -0.4 is 5.73 Å². The summed E-state index contributed by atoms with van der Waals surface area (Å²) in [5, 5.41) is 0. The first-order valence-electron chi connectivity index (χ1n) is 5.82. The van der Waals surface area contributed by atoms with Crippen LogP contribution in [-0.4, -0.2) is 17.5 Å². The van der Waals surface area contributed by atoms with Crippen LogP contribution in [0.5, 0.6) is 0 Å². The monoisotopic (exact) mass is 204 g/mol. The largest absolute Gasteiger partial charge is 0.330 e. The summed E-state index contributed by atoms with van der Waals surface area (Å²) in [5.41, 5.74) is 8.54. The zero-order valence-corrected chi connectivity index (χ0v) is 9.45. The fourth-order valence-electron chi connectivity index (χ4n) is 2.27. The summed E-state index contributed by atoms with van der Waals surface area (Å²) in [6.07, 6.45) is 2.35. The van der Waals surface area contributed by atoms with E-state index in [0.29, 0.717) is 6.04 Å². The minimum Gasteiger partial charge on any atom is -0.330 e. The van der Waals surface area contributed by atoms with Crippen molar-refractivity contribution in [3.05, 3.63) is 35.4 Å². The number of fused-ring (bicyclic) bond motifs is 1. The number of nitrogens with two attached hydrogens (primary N) is 1.